The van der Waals surface area contributed by atoms with Gasteiger partial charge >= 0.3 is 0 Å². The van der Waals surface area contributed by atoms with E-state index >= 15 is 0 Å². The van der Waals surface area contributed by atoms with Crippen LogP contribution in [0.15, 0.2) is 0 Å². The molecule has 0 aliphatic carbocycles. The average molecular weight is 658 g/mol. The fourth-order valence-electron chi connectivity index (χ4n) is 6.45. The lowest BCUT2D eigenvalue weighted by atomic mass is 9.99. The zero-order valence-corrected chi connectivity index (χ0v) is 30.0. The third kappa shape index (κ3) is 22.0. The predicted molar refractivity (Wildman–Crippen MR) is 188 cm³/mol. The first-order chi connectivity index (χ1) is 22.4. The SMILES string of the molecule is CCCCCCCCCCCCCCCC(=O)N[C@H](CCCCCCCCCCCCCC)CO[C@H]1O[C@H](CO)[C@@H](O)[C@H](O)[C@@H]1O. The highest BCUT2D eigenvalue weighted by atomic mass is 16.7. The van der Waals surface area contributed by atoms with Crippen LogP contribution in [-0.4, -0.2) is 76.3 Å². The summed E-state index contributed by atoms with van der Waals surface area (Å²) in [5.41, 5.74) is 0. The molecule has 0 radical (unpaired) electrons. The Hall–Kier alpha value is -0.770. The van der Waals surface area contributed by atoms with Crippen LogP contribution >= 0.6 is 0 Å². The fraction of sp³-hybridized carbons (Fsp3) is 0.974. The minimum atomic E-state index is -1.48. The summed E-state index contributed by atoms with van der Waals surface area (Å²) in [5, 5.41) is 43.2. The Balaban J connectivity index is 2.32. The number of unbranched alkanes of at least 4 members (excludes halogenated alkanes) is 23. The summed E-state index contributed by atoms with van der Waals surface area (Å²) in [6.07, 6.45) is 26.4. The molecule has 0 saturated carbocycles. The lowest BCUT2D eigenvalue weighted by Crippen LogP contribution is -2.59. The van der Waals surface area contributed by atoms with Crippen molar-refractivity contribution in [2.45, 2.75) is 224 Å². The van der Waals surface area contributed by atoms with Gasteiger partial charge in [0.25, 0.3) is 0 Å². The van der Waals surface area contributed by atoms with Crippen molar-refractivity contribution in [1.82, 2.24) is 5.32 Å². The van der Waals surface area contributed by atoms with Gasteiger partial charge in [0.05, 0.1) is 19.3 Å². The Bertz CT molecular complexity index is 679. The molecule has 8 nitrogen and oxygen atoms in total. The fourth-order valence-corrected chi connectivity index (χ4v) is 6.45. The van der Waals surface area contributed by atoms with E-state index in [0.717, 1.165) is 32.1 Å². The van der Waals surface area contributed by atoms with E-state index < -0.39 is 37.3 Å². The Morgan fingerprint density at radius 3 is 1.46 bits per heavy atom. The van der Waals surface area contributed by atoms with E-state index in [4.69, 9.17) is 9.47 Å². The molecule has 1 rings (SSSR count). The van der Waals surface area contributed by atoms with E-state index in [0.29, 0.717) is 6.42 Å². The molecule has 1 fully saturated rings. The van der Waals surface area contributed by atoms with Gasteiger partial charge in [-0.05, 0) is 12.8 Å². The summed E-state index contributed by atoms with van der Waals surface area (Å²) >= 11 is 0. The molecule has 0 aromatic heterocycles. The molecular formula is C38H75NO7. The lowest BCUT2D eigenvalue weighted by Gasteiger charge is -2.40. The Kier molecular flexibility index (Phi) is 28.5. The van der Waals surface area contributed by atoms with Crippen molar-refractivity contribution in [3.8, 4) is 0 Å². The molecule has 1 aliphatic heterocycles. The number of nitrogens with one attached hydrogen (secondary N) is 1. The number of carbonyl (C=O) groups is 1. The Labute approximate surface area is 282 Å². The number of ether oxygens (including phenoxy) is 2. The molecule has 1 amide bonds. The topological polar surface area (TPSA) is 128 Å². The molecule has 0 bridgehead atoms. The lowest BCUT2D eigenvalue weighted by molar-refractivity contribution is -0.302. The number of amides is 1. The number of hydrogen-bond donors (Lipinski definition) is 5. The van der Waals surface area contributed by atoms with Crippen molar-refractivity contribution in [2.24, 2.45) is 0 Å². The number of hydrogen-bond acceptors (Lipinski definition) is 7. The van der Waals surface area contributed by atoms with E-state index in [1.165, 1.54) is 135 Å². The van der Waals surface area contributed by atoms with Crippen LogP contribution in [0.2, 0.25) is 0 Å². The zero-order valence-electron chi connectivity index (χ0n) is 30.0. The second-order valence-electron chi connectivity index (χ2n) is 14.0. The van der Waals surface area contributed by atoms with Crippen molar-refractivity contribution >= 4 is 5.91 Å². The predicted octanol–water partition coefficient (Wildman–Crippen LogP) is 7.86. The second-order valence-corrected chi connectivity index (χ2v) is 14.0. The van der Waals surface area contributed by atoms with Crippen LogP contribution in [0.4, 0.5) is 0 Å². The van der Waals surface area contributed by atoms with Gasteiger partial charge in [0.2, 0.25) is 5.91 Å². The monoisotopic (exact) mass is 658 g/mol. The average Bonchev–Trinajstić information content (AvgIpc) is 3.05. The second kappa shape index (κ2) is 30.3. The van der Waals surface area contributed by atoms with Crippen LogP contribution in [0.1, 0.15) is 187 Å². The number of aliphatic hydroxyl groups excluding tert-OH is 4. The van der Waals surface area contributed by atoms with Gasteiger partial charge in [-0.3, -0.25) is 4.79 Å². The maximum absolute atomic E-state index is 12.8. The van der Waals surface area contributed by atoms with Crippen molar-refractivity contribution in [2.75, 3.05) is 13.2 Å². The molecular weight excluding hydrogens is 582 g/mol. The number of rotatable bonds is 32. The van der Waals surface area contributed by atoms with Crippen molar-refractivity contribution in [1.29, 1.82) is 0 Å². The highest BCUT2D eigenvalue weighted by Crippen LogP contribution is 2.23. The van der Waals surface area contributed by atoms with Gasteiger partial charge in [-0.15, -0.1) is 0 Å². The van der Waals surface area contributed by atoms with Gasteiger partial charge in [-0.25, -0.2) is 0 Å². The minimum Gasteiger partial charge on any atom is -0.394 e. The largest absolute Gasteiger partial charge is 0.394 e. The molecule has 1 saturated heterocycles. The molecule has 8 heteroatoms. The number of carbonyl (C=O) groups excluding carboxylic acids is 1. The molecule has 274 valence electrons. The molecule has 0 aromatic carbocycles. The summed E-state index contributed by atoms with van der Waals surface area (Å²) in [5.74, 6) is 0.0180. The van der Waals surface area contributed by atoms with E-state index in [1.54, 1.807) is 0 Å². The van der Waals surface area contributed by atoms with Gasteiger partial charge < -0.3 is 35.2 Å². The van der Waals surface area contributed by atoms with Gasteiger partial charge in [0.15, 0.2) is 6.29 Å². The van der Waals surface area contributed by atoms with E-state index in [-0.39, 0.29) is 18.6 Å². The molecule has 6 atom stereocenters. The maximum Gasteiger partial charge on any atom is 0.220 e. The first kappa shape index (κ1) is 43.3. The van der Waals surface area contributed by atoms with Crippen LogP contribution in [0.3, 0.4) is 0 Å². The third-order valence-electron chi connectivity index (χ3n) is 9.59. The normalized spacial score (nSPS) is 22.3. The van der Waals surface area contributed by atoms with Crippen LogP contribution < -0.4 is 5.32 Å². The third-order valence-corrected chi connectivity index (χ3v) is 9.59. The summed E-state index contributed by atoms with van der Waals surface area (Å²) < 4.78 is 11.3. The van der Waals surface area contributed by atoms with Crippen LogP contribution in [-0.2, 0) is 14.3 Å². The highest BCUT2D eigenvalue weighted by Gasteiger charge is 2.44. The summed E-state index contributed by atoms with van der Waals surface area (Å²) in [6, 6.07) is -0.232. The van der Waals surface area contributed by atoms with Crippen LogP contribution in [0.5, 0.6) is 0 Å². The smallest absolute Gasteiger partial charge is 0.220 e. The van der Waals surface area contributed by atoms with Gasteiger partial charge in [-0.1, -0.05) is 168 Å². The van der Waals surface area contributed by atoms with Gasteiger partial charge in [0, 0.05) is 6.42 Å². The van der Waals surface area contributed by atoms with Crippen molar-refractivity contribution in [3.63, 3.8) is 0 Å². The molecule has 0 unspecified atom stereocenters. The van der Waals surface area contributed by atoms with E-state index in [1.807, 2.05) is 0 Å². The van der Waals surface area contributed by atoms with E-state index in [9.17, 15) is 25.2 Å². The van der Waals surface area contributed by atoms with Crippen molar-refractivity contribution in [3.05, 3.63) is 0 Å². The molecule has 1 aliphatic rings. The van der Waals surface area contributed by atoms with Crippen molar-refractivity contribution < 1.29 is 34.7 Å². The summed E-state index contributed by atoms with van der Waals surface area (Å²) in [6.45, 7) is 4.15. The standard InChI is InChI=1S/C38H75NO7/c1-3-5-7-9-11-13-15-17-19-21-23-25-27-29-34(41)39-32(28-26-24-22-20-18-16-14-12-10-8-6-4-2)31-45-38-37(44)36(43)35(42)33(30-40)46-38/h32-33,35-38,40,42-44H,3-31H2,1-2H3,(H,39,41)/t32-,33-,35-,36+,37+,38+/m1/s1. The van der Waals surface area contributed by atoms with Crippen LogP contribution in [0, 0.1) is 0 Å². The van der Waals surface area contributed by atoms with Gasteiger partial charge in [0.1, 0.15) is 24.4 Å². The summed E-state index contributed by atoms with van der Waals surface area (Å²) in [7, 11) is 0. The molecule has 0 spiro atoms. The molecule has 0 aromatic rings. The maximum atomic E-state index is 12.8. The number of aliphatic hydroxyl groups is 4. The summed E-state index contributed by atoms with van der Waals surface area (Å²) in [4.78, 5) is 12.8. The Morgan fingerprint density at radius 2 is 1.02 bits per heavy atom. The zero-order chi connectivity index (χ0) is 33.7. The minimum absolute atomic E-state index is 0.0180. The molecule has 5 N–H and O–H groups in total. The van der Waals surface area contributed by atoms with E-state index in [2.05, 4.69) is 19.2 Å². The Morgan fingerprint density at radius 1 is 0.609 bits per heavy atom. The van der Waals surface area contributed by atoms with Crippen LogP contribution in [0.25, 0.3) is 0 Å². The molecule has 1 heterocycles. The first-order valence-electron chi connectivity index (χ1n) is 19.7. The quantitative estimate of drug-likeness (QED) is 0.0466. The highest BCUT2D eigenvalue weighted by molar-refractivity contribution is 5.76. The van der Waals surface area contributed by atoms with Gasteiger partial charge in [-0.2, -0.15) is 0 Å². The first-order valence-corrected chi connectivity index (χ1v) is 19.7. The molecule has 46 heavy (non-hydrogen) atoms.